The molecule has 0 aliphatic carbocycles. The van der Waals surface area contributed by atoms with Crippen LogP contribution in [0.15, 0.2) is 41.0 Å². The summed E-state index contributed by atoms with van der Waals surface area (Å²) in [5.41, 5.74) is 4.15. The Balaban J connectivity index is 2.26. The fraction of sp³-hybridized carbons (Fsp3) is 0.143. The van der Waals surface area contributed by atoms with Gasteiger partial charge in [-0.3, -0.25) is 4.40 Å². The van der Waals surface area contributed by atoms with E-state index in [0.29, 0.717) is 0 Å². The fourth-order valence-electron chi connectivity index (χ4n) is 2.07. The first kappa shape index (κ1) is 11.4. The average molecular weight is 302 g/mol. The topological polar surface area (TPSA) is 30.2 Å². The molecule has 3 aromatic rings. The van der Waals surface area contributed by atoms with Gasteiger partial charge < -0.3 is 0 Å². The van der Waals surface area contributed by atoms with Crippen LogP contribution < -0.4 is 0 Å². The SMILES string of the molecule is Cc1cc(C)n2cc(-c3ccccc3Br)nc2n1. The zero-order chi connectivity index (χ0) is 12.7. The van der Waals surface area contributed by atoms with Crippen LogP contribution in [-0.2, 0) is 0 Å². The van der Waals surface area contributed by atoms with E-state index in [1.54, 1.807) is 0 Å². The smallest absolute Gasteiger partial charge is 0.234 e. The third kappa shape index (κ3) is 1.82. The summed E-state index contributed by atoms with van der Waals surface area (Å²) in [6.07, 6.45) is 2.02. The lowest BCUT2D eigenvalue weighted by Gasteiger charge is -1.99. The number of hydrogen-bond donors (Lipinski definition) is 0. The molecule has 2 aromatic heterocycles. The van der Waals surface area contributed by atoms with Gasteiger partial charge in [0.25, 0.3) is 0 Å². The highest BCUT2D eigenvalue weighted by molar-refractivity contribution is 9.10. The highest BCUT2D eigenvalue weighted by Gasteiger charge is 2.09. The van der Waals surface area contributed by atoms with Gasteiger partial charge in [0.2, 0.25) is 5.78 Å². The fourth-order valence-corrected chi connectivity index (χ4v) is 2.56. The predicted octanol–water partition coefficient (Wildman–Crippen LogP) is 3.78. The van der Waals surface area contributed by atoms with Crippen LogP contribution in [0, 0.1) is 13.8 Å². The van der Waals surface area contributed by atoms with Crippen molar-refractivity contribution in [3.05, 3.63) is 52.4 Å². The van der Waals surface area contributed by atoms with Crippen LogP contribution in [0.25, 0.3) is 17.0 Å². The van der Waals surface area contributed by atoms with Gasteiger partial charge in [-0.2, -0.15) is 0 Å². The summed E-state index contributed by atoms with van der Waals surface area (Å²) in [5, 5.41) is 0. The van der Waals surface area contributed by atoms with Crippen molar-refractivity contribution < 1.29 is 0 Å². The van der Waals surface area contributed by atoms with Crippen LogP contribution >= 0.6 is 15.9 Å². The highest BCUT2D eigenvalue weighted by Crippen LogP contribution is 2.27. The Hall–Kier alpha value is -1.68. The predicted molar refractivity (Wildman–Crippen MR) is 75.6 cm³/mol. The van der Waals surface area contributed by atoms with Crippen LogP contribution in [0.5, 0.6) is 0 Å². The Morgan fingerprint density at radius 2 is 1.89 bits per heavy atom. The van der Waals surface area contributed by atoms with Crippen molar-refractivity contribution in [2.75, 3.05) is 0 Å². The summed E-state index contributed by atoms with van der Waals surface area (Å²) in [4.78, 5) is 9.04. The molecule has 0 saturated heterocycles. The van der Waals surface area contributed by atoms with Gasteiger partial charge >= 0.3 is 0 Å². The Kier molecular flexibility index (Phi) is 2.67. The number of rotatable bonds is 1. The van der Waals surface area contributed by atoms with Crippen molar-refractivity contribution in [3.63, 3.8) is 0 Å². The molecule has 2 heterocycles. The third-order valence-electron chi connectivity index (χ3n) is 2.91. The van der Waals surface area contributed by atoms with Gasteiger partial charge in [0.1, 0.15) is 0 Å². The zero-order valence-electron chi connectivity index (χ0n) is 10.2. The summed E-state index contributed by atoms with van der Waals surface area (Å²) in [6.45, 7) is 4.05. The molecule has 0 aliphatic rings. The highest BCUT2D eigenvalue weighted by atomic mass is 79.9. The normalized spacial score (nSPS) is 11.1. The number of aromatic nitrogens is 3. The maximum atomic E-state index is 4.59. The van der Waals surface area contributed by atoms with Crippen molar-refractivity contribution >= 4 is 21.7 Å². The van der Waals surface area contributed by atoms with E-state index in [1.165, 1.54) is 0 Å². The van der Waals surface area contributed by atoms with E-state index in [0.717, 1.165) is 32.9 Å². The van der Waals surface area contributed by atoms with Crippen molar-refractivity contribution in [2.45, 2.75) is 13.8 Å². The van der Waals surface area contributed by atoms with Gasteiger partial charge in [-0.15, -0.1) is 0 Å². The summed E-state index contributed by atoms with van der Waals surface area (Å²) < 4.78 is 3.06. The van der Waals surface area contributed by atoms with Gasteiger partial charge in [-0.25, -0.2) is 9.97 Å². The van der Waals surface area contributed by atoms with Gasteiger partial charge in [0.05, 0.1) is 5.69 Å². The van der Waals surface area contributed by atoms with Crippen LogP contribution in [0.3, 0.4) is 0 Å². The molecular weight excluding hydrogens is 290 g/mol. The molecule has 3 nitrogen and oxygen atoms in total. The Morgan fingerprint density at radius 1 is 1.11 bits per heavy atom. The van der Waals surface area contributed by atoms with Crippen LogP contribution in [0.1, 0.15) is 11.4 Å². The Morgan fingerprint density at radius 3 is 2.67 bits per heavy atom. The van der Waals surface area contributed by atoms with E-state index in [1.807, 2.05) is 41.8 Å². The molecule has 0 fully saturated rings. The van der Waals surface area contributed by atoms with Gasteiger partial charge in [-0.05, 0) is 26.0 Å². The van der Waals surface area contributed by atoms with Crippen molar-refractivity contribution in [1.82, 2.24) is 14.4 Å². The minimum absolute atomic E-state index is 0.748. The molecule has 0 N–H and O–H groups in total. The second-order valence-electron chi connectivity index (χ2n) is 4.31. The number of nitrogens with zero attached hydrogens (tertiary/aromatic N) is 3. The Bertz CT molecular complexity index is 731. The molecule has 3 rings (SSSR count). The number of hydrogen-bond acceptors (Lipinski definition) is 2. The summed E-state index contributed by atoms with van der Waals surface area (Å²) in [7, 11) is 0. The molecule has 0 atom stereocenters. The van der Waals surface area contributed by atoms with E-state index in [2.05, 4.69) is 38.9 Å². The largest absolute Gasteiger partial charge is 0.288 e. The standard InChI is InChI=1S/C14H12BrN3/c1-9-7-10(2)18-8-13(17-14(18)16-9)11-5-3-4-6-12(11)15/h3-8H,1-2H3. The first-order chi connectivity index (χ1) is 8.65. The van der Waals surface area contributed by atoms with Crippen LogP contribution in [0.4, 0.5) is 0 Å². The van der Waals surface area contributed by atoms with Crippen LogP contribution in [-0.4, -0.2) is 14.4 Å². The molecule has 0 saturated carbocycles. The molecule has 18 heavy (non-hydrogen) atoms. The number of imidazole rings is 1. The summed E-state index contributed by atoms with van der Waals surface area (Å²) in [5.74, 6) is 0.748. The van der Waals surface area contributed by atoms with E-state index in [4.69, 9.17) is 0 Å². The number of benzene rings is 1. The monoisotopic (exact) mass is 301 g/mol. The molecule has 0 aliphatic heterocycles. The molecule has 0 spiro atoms. The third-order valence-corrected chi connectivity index (χ3v) is 3.60. The first-order valence-corrected chi connectivity index (χ1v) is 6.53. The van der Waals surface area contributed by atoms with Gasteiger partial charge in [0, 0.05) is 27.6 Å². The second kappa shape index (κ2) is 4.21. The molecule has 0 radical (unpaired) electrons. The summed E-state index contributed by atoms with van der Waals surface area (Å²) >= 11 is 3.55. The van der Waals surface area contributed by atoms with Crippen molar-refractivity contribution in [2.24, 2.45) is 0 Å². The first-order valence-electron chi connectivity index (χ1n) is 5.73. The average Bonchev–Trinajstić information content (AvgIpc) is 2.73. The minimum Gasteiger partial charge on any atom is -0.288 e. The van der Waals surface area contributed by atoms with Crippen molar-refractivity contribution in [1.29, 1.82) is 0 Å². The Labute approximate surface area is 114 Å². The van der Waals surface area contributed by atoms with E-state index in [-0.39, 0.29) is 0 Å². The van der Waals surface area contributed by atoms with E-state index < -0.39 is 0 Å². The van der Waals surface area contributed by atoms with E-state index >= 15 is 0 Å². The summed E-state index contributed by atoms with van der Waals surface area (Å²) in [6, 6.07) is 10.1. The van der Waals surface area contributed by atoms with Crippen molar-refractivity contribution in [3.8, 4) is 11.3 Å². The molecule has 0 unspecified atom stereocenters. The van der Waals surface area contributed by atoms with Crippen LogP contribution in [0.2, 0.25) is 0 Å². The number of aryl methyl sites for hydroxylation is 2. The lowest BCUT2D eigenvalue weighted by atomic mass is 10.2. The molecule has 0 bridgehead atoms. The maximum absolute atomic E-state index is 4.59. The molecule has 4 heteroatoms. The zero-order valence-corrected chi connectivity index (χ0v) is 11.8. The minimum atomic E-state index is 0.748. The van der Waals surface area contributed by atoms with Gasteiger partial charge in [-0.1, -0.05) is 34.1 Å². The lowest BCUT2D eigenvalue weighted by Crippen LogP contribution is -1.94. The molecule has 1 aromatic carbocycles. The lowest BCUT2D eigenvalue weighted by molar-refractivity contribution is 1.01. The molecule has 0 amide bonds. The molecular formula is C14H12BrN3. The maximum Gasteiger partial charge on any atom is 0.234 e. The number of fused-ring (bicyclic) bond motifs is 1. The molecule has 90 valence electrons. The second-order valence-corrected chi connectivity index (χ2v) is 5.17. The van der Waals surface area contributed by atoms with E-state index in [9.17, 15) is 0 Å². The number of halogens is 1. The quantitative estimate of drug-likeness (QED) is 0.685. The van der Waals surface area contributed by atoms with Gasteiger partial charge in [0.15, 0.2) is 0 Å².